The summed E-state index contributed by atoms with van der Waals surface area (Å²) in [6, 6.07) is 15.8. The quantitative estimate of drug-likeness (QED) is 0.755. The first-order valence-corrected chi connectivity index (χ1v) is 9.45. The van der Waals surface area contributed by atoms with Gasteiger partial charge in [0.1, 0.15) is 5.84 Å². The Morgan fingerprint density at radius 2 is 1.92 bits per heavy atom. The molecule has 26 heavy (non-hydrogen) atoms. The SMILES string of the molecule is N#Cc1ccc2c(c1)NC1(CCCCC1)C(=NCc1cccc(Cl)c1)N2. The van der Waals surface area contributed by atoms with Crippen LogP contribution in [-0.4, -0.2) is 11.4 Å². The van der Waals surface area contributed by atoms with Crippen molar-refractivity contribution >= 4 is 28.8 Å². The number of benzene rings is 2. The molecule has 0 atom stereocenters. The number of nitrogens with zero attached hydrogens (tertiary/aromatic N) is 2. The maximum atomic E-state index is 9.19. The van der Waals surface area contributed by atoms with Crippen LogP contribution >= 0.6 is 11.6 Å². The van der Waals surface area contributed by atoms with E-state index in [4.69, 9.17) is 16.6 Å². The Kier molecular flexibility index (Phi) is 4.57. The van der Waals surface area contributed by atoms with Crippen LogP contribution in [0.3, 0.4) is 0 Å². The second-order valence-electron chi connectivity index (χ2n) is 7.06. The highest BCUT2D eigenvalue weighted by molar-refractivity contribution is 6.30. The van der Waals surface area contributed by atoms with Gasteiger partial charge in [-0.25, -0.2) is 0 Å². The lowest BCUT2D eigenvalue weighted by Gasteiger charge is -2.44. The summed E-state index contributed by atoms with van der Waals surface area (Å²) in [5, 5.41) is 17.2. The highest BCUT2D eigenvalue weighted by Crippen LogP contribution is 2.40. The number of anilines is 2. The summed E-state index contributed by atoms with van der Waals surface area (Å²) < 4.78 is 0. The van der Waals surface area contributed by atoms with E-state index in [0.29, 0.717) is 12.1 Å². The first-order valence-electron chi connectivity index (χ1n) is 9.07. The third-order valence-corrected chi connectivity index (χ3v) is 5.48. The highest BCUT2D eigenvalue weighted by atomic mass is 35.5. The minimum Gasteiger partial charge on any atom is -0.371 e. The number of hydrogen-bond acceptors (Lipinski definition) is 3. The van der Waals surface area contributed by atoms with E-state index in [9.17, 15) is 5.26 Å². The van der Waals surface area contributed by atoms with E-state index in [2.05, 4.69) is 16.7 Å². The molecule has 0 amide bonds. The standard InChI is InChI=1S/C21H21ClN4/c22-17-6-4-5-16(11-17)14-24-20-21(9-2-1-3-10-21)26-19-12-15(13-23)7-8-18(19)25-20/h4-8,11-12,26H,1-3,9-10,14H2,(H,24,25). The zero-order valence-electron chi connectivity index (χ0n) is 14.6. The van der Waals surface area contributed by atoms with Crippen LogP contribution in [0.2, 0.25) is 5.02 Å². The summed E-state index contributed by atoms with van der Waals surface area (Å²) in [7, 11) is 0. The fraction of sp³-hybridized carbons (Fsp3) is 0.333. The van der Waals surface area contributed by atoms with Gasteiger partial charge in [-0.2, -0.15) is 5.26 Å². The first-order chi connectivity index (χ1) is 12.7. The summed E-state index contributed by atoms with van der Waals surface area (Å²) in [6.07, 6.45) is 5.71. The topological polar surface area (TPSA) is 60.2 Å². The van der Waals surface area contributed by atoms with E-state index in [1.807, 2.05) is 42.5 Å². The third kappa shape index (κ3) is 3.27. The second kappa shape index (κ2) is 7.01. The van der Waals surface area contributed by atoms with E-state index in [0.717, 1.165) is 40.6 Å². The molecule has 1 heterocycles. The van der Waals surface area contributed by atoms with Crippen LogP contribution in [0.25, 0.3) is 0 Å². The molecule has 0 unspecified atom stereocenters. The Morgan fingerprint density at radius 3 is 2.69 bits per heavy atom. The van der Waals surface area contributed by atoms with Crippen LogP contribution < -0.4 is 10.6 Å². The van der Waals surface area contributed by atoms with E-state index >= 15 is 0 Å². The normalized spacial score (nSPS) is 19.3. The van der Waals surface area contributed by atoms with Gasteiger partial charge in [0.25, 0.3) is 0 Å². The molecule has 1 spiro atoms. The molecule has 2 aromatic carbocycles. The van der Waals surface area contributed by atoms with Crippen LogP contribution in [0, 0.1) is 11.3 Å². The predicted octanol–water partition coefficient (Wildman–Crippen LogP) is 5.35. The Bertz CT molecular complexity index is 891. The average molecular weight is 365 g/mol. The molecule has 4 rings (SSSR count). The van der Waals surface area contributed by atoms with Gasteiger partial charge in [0, 0.05) is 5.02 Å². The minimum atomic E-state index is -0.169. The van der Waals surface area contributed by atoms with E-state index in [1.165, 1.54) is 19.3 Å². The van der Waals surface area contributed by atoms with Gasteiger partial charge in [-0.3, -0.25) is 4.99 Å². The fourth-order valence-electron chi connectivity index (χ4n) is 3.90. The Labute approximate surface area is 158 Å². The van der Waals surface area contributed by atoms with Crippen molar-refractivity contribution in [3.05, 3.63) is 58.6 Å². The van der Waals surface area contributed by atoms with Crippen LogP contribution in [0.4, 0.5) is 11.4 Å². The van der Waals surface area contributed by atoms with Crippen molar-refractivity contribution in [2.45, 2.75) is 44.2 Å². The Hall–Kier alpha value is -2.51. The molecule has 5 heteroatoms. The lowest BCUT2D eigenvalue weighted by molar-refractivity contribution is 0.403. The molecule has 0 radical (unpaired) electrons. The molecular formula is C21H21ClN4. The maximum absolute atomic E-state index is 9.19. The van der Waals surface area contributed by atoms with Crippen molar-refractivity contribution in [2.75, 3.05) is 10.6 Å². The minimum absolute atomic E-state index is 0.169. The van der Waals surface area contributed by atoms with E-state index in [1.54, 1.807) is 0 Å². The van der Waals surface area contributed by atoms with Crippen molar-refractivity contribution in [2.24, 2.45) is 4.99 Å². The zero-order valence-corrected chi connectivity index (χ0v) is 15.3. The van der Waals surface area contributed by atoms with Gasteiger partial charge < -0.3 is 10.6 Å². The first kappa shape index (κ1) is 16.9. The summed E-state index contributed by atoms with van der Waals surface area (Å²) in [5.41, 5.74) is 3.57. The van der Waals surface area contributed by atoms with Crippen LogP contribution in [0.5, 0.6) is 0 Å². The predicted molar refractivity (Wildman–Crippen MR) is 107 cm³/mol. The van der Waals surface area contributed by atoms with Crippen molar-refractivity contribution < 1.29 is 0 Å². The molecule has 2 N–H and O–H groups in total. The molecular weight excluding hydrogens is 344 g/mol. The average Bonchev–Trinajstić information content (AvgIpc) is 2.66. The summed E-state index contributed by atoms with van der Waals surface area (Å²) in [4.78, 5) is 4.93. The smallest absolute Gasteiger partial charge is 0.127 e. The highest BCUT2D eigenvalue weighted by Gasteiger charge is 2.40. The number of nitrogens with one attached hydrogen (secondary N) is 2. The van der Waals surface area contributed by atoms with Crippen LogP contribution in [0.15, 0.2) is 47.5 Å². The molecule has 2 aromatic rings. The number of nitriles is 1. The lowest BCUT2D eigenvalue weighted by atomic mass is 9.79. The number of amidine groups is 1. The molecule has 1 aliphatic carbocycles. The van der Waals surface area contributed by atoms with Crippen molar-refractivity contribution in [3.8, 4) is 6.07 Å². The zero-order chi connectivity index (χ0) is 18.0. The largest absolute Gasteiger partial charge is 0.371 e. The van der Waals surface area contributed by atoms with Gasteiger partial charge in [-0.15, -0.1) is 0 Å². The van der Waals surface area contributed by atoms with Crippen LogP contribution in [-0.2, 0) is 6.54 Å². The monoisotopic (exact) mass is 364 g/mol. The Morgan fingerprint density at radius 1 is 1.08 bits per heavy atom. The molecule has 132 valence electrons. The molecule has 2 aliphatic rings. The van der Waals surface area contributed by atoms with Crippen molar-refractivity contribution in [1.82, 2.24) is 0 Å². The fourth-order valence-corrected chi connectivity index (χ4v) is 4.12. The van der Waals surface area contributed by atoms with Gasteiger partial charge in [0.05, 0.1) is 35.1 Å². The third-order valence-electron chi connectivity index (χ3n) is 5.24. The molecule has 1 saturated carbocycles. The Balaban J connectivity index is 1.68. The van der Waals surface area contributed by atoms with Gasteiger partial charge >= 0.3 is 0 Å². The second-order valence-corrected chi connectivity index (χ2v) is 7.50. The van der Waals surface area contributed by atoms with Gasteiger partial charge in [0.15, 0.2) is 0 Å². The number of halogens is 1. The molecule has 1 aliphatic heterocycles. The van der Waals surface area contributed by atoms with Gasteiger partial charge in [0.2, 0.25) is 0 Å². The van der Waals surface area contributed by atoms with Gasteiger partial charge in [-0.05, 0) is 48.7 Å². The molecule has 0 saturated heterocycles. The molecule has 0 aromatic heterocycles. The summed E-state index contributed by atoms with van der Waals surface area (Å²) in [6.45, 7) is 0.595. The summed E-state index contributed by atoms with van der Waals surface area (Å²) in [5.74, 6) is 0.995. The van der Waals surface area contributed by atoms with E-state index < -0.39 is 0 Å². The summed E-state index contributed by atoms with van der Waals surface area (Å²) >= 11 is 6.10. The number of fused-ring (bicyclic) bond motifs is 1. The van der Waals surface area contributed by atoms with Crippen LogP contribution in [0.1, 0.15) is 43.2 Å². The number of hydrogen-bond donors (Lipinski definition) is 2. The molecule has 0 bridgehead atoms. The van der Waals surface area contributed by atoms with Crippen molar-refractivity contribution in [3.63, 3.8) is 0 Å². The van der Waals surface area contributed by atoms with Crippen molar-refractivity contribution in [1.29, 1.82) is 5.26 Å². The van der Waals surface area contributed by atoms with Gasteiger partial charge in [-0.1, -0.05) is 43.0 Å². The molecule has 4 nitrogen and oxygen atoms in total. The maximum Gasteiger partial charge on any atom is 0.127 e. The molecule has 1 fully saturated rings. The number of aliphatic imine (C=N–C) groups is 1. The number of rotatable bonds is 2. The van der Waals surface area contributed by atoms with E-state index in [-0.39, 0.29) is 5.54 Å². The lowest BCUT2D eigenvalue weighted by Crippen LogP contribution is -2.53.